The summed E-state index contributed by atoms with van der Waals surface area (Å²) in [6.45, 7) is 4.53. The van der Waals surface area contributed by atoms with Crippen LogP contribution in [0.15, 0.2) is 0 Å². The van der Waals surface area contributed by atoms with E-state index in [-0.39, 0.29) is 17.1 Å². The molecule has 0 aromatic rings. The third-order valence-corrected chi connectivity index (χ3v) is 3.38. The van der Waals surface area contributed by atoms with Gasteiger partial charge in [-0.25, -0.2) is 4.79 Å². The van der Waals surface area contributed by atoms with Gasteiger partial charge >= 0.3 is 6.09 Å². The SMILES string of the molecule is COC(=O)N1CCCC(C)(C)C1C(=O)CCl. The first-order valence-corrected chi connectivity index (χ1v) is 5.90. The number of likely N-dealkylation sites (tertiary alicyclic amines) is 1. The molecule has 1 atom stereocenters. The van der Waals surface area contributed by atoms with E-state index in [0.717, 1.165) is 12.8 Å². The number of Topliss-reactive ketones (excluding diaryl/α,β-unsaturated/α-hetero) is 1. The van der Waals surface area contributed by atoms with Gasteiger partial charge in [0.2, 0.25) is 0 Å². The first-order valence-electron chi connectivity index (χ1n) is 5.37. The highest BCUT2D eigenvalue weighted by atomic mass is 35.5. The molecule has 0 N–H and O–H groups in total. The van der Waals surface area contributed by atoms with Gasteiger partial charge in [0.05, 0.1) is 13.0 Å². The van der Waals surface area contributed by atoms with Crippen LogP contribution < -0.4 is 0 Å². The molecular formula is C11H18ClNO3. The smallest absolute Gasteiger partial charge is 0.410 e. The molecule has 0 spiro atoms. The molecule has 92 valence electrons. The highest BCUT2D eigenvalue weighted by Gasteiger charge is 2.44. The summed E-state index contributed by atoms with van der Waals surface area (Å²) >= 11 is 5.60. The van der Waals surface area contributed by atoms with Crippen LogP contribution in [0.1, 0.15) is 26.7 Å². The van der Waals surface area contributed by atoms with Crippen LogP contribution >= 0.6 is 11.6 Å². The Labute approximate surface area is 101 Å². The summed E-state index contributed by atoms with van der Waals surface area (Å²) in [5, 5.41) is 0. The molecular weight excluding hydrogens is 230 g/mol. The van der Waals surface area contributed by atoms with Crippen molar-refractivity contribution in [1.29, 1.82) is 0 Å². The Morgan fingerprint density at radius 2 is 2.12 bits per heavy atom. The van der Waals surface area contributed by atoms with E-state index in [4.69, 9.17) is 16.3 Å². The number of hydrogen-bond acceptors (Lipinski definition) is 3. The second kappa shape index (κ2) is 5.04. The highest BCUT2D eigenvalue weighted by molar-refractivity contribution is 6.28. The molecule has 1 aliphatic rings. The molecule has 1 saturated heterocycles. The fourth-order valence-electron chi connectivity index (χ4n) is 2.39. The Kier molecular flexibility index (Phi) is 4.19. The Balaban J connectivity index is 2.97. The molecule has 0 bridgehead atoms. The van der Waals surface area contributed by atoms with Gasteiger partial charge in [-0.1, -0.05) is 13.8 Å². The van der Waals surface area contributed by atoms with Crippen LogP contribution in [0.5, 0.6) is 0 Å². The number of ether oxygens (including phenoxy) is 1. The first kappa shape index (κ1) is 13.3. The average molecular weight is 248 g/mol. The fourth-order valence-corrected chi connectivity index (χ4v) is 2.54. The number of rotatable bonds is 2. The van der Waals surface area contributed by atoms with Crippen molar-refractivity contribution in [3.63, 3.8) is 0 Å². The summed E-state index contributed by atoms with van der Waals surface area (Å²) in [4.78, 5) is 24.9. The summed E-state index contributed by atoms with van der Waals surface area (Å²) < 4.78 is 4.70. The minimum atomic E-state index is -0.466. The number of carbonyl (C=O) groups is 2. The van der Waals surface area contributed by atoms with Crippen molar-refractivity contribution in [2.75, 3.05) is 19.5 Å². The van der Waals surface area contributed by atoms with Crippen LogP contribution in [0.2, 0.25) is 0 Å². The lowest BCUT2D eigenvalue weighted by molar-refractivity contribution is -0.127. The normalized spacial score (nSPS) is 24.0. The summed E-state index contributed by atoms with van der Waals surface area (Å²) in [6.07, 6.45) is 1.35. The van der Waals surface area contributed by atoms with Crippen LogP contribution in [0.3, 0.4) is 0 Å². The van der Waals surface area contributed by atoms with E-state index >= 15 is 0 Å². The monoisotopic (exact) mass is 247 g/mol. The molecule has 0 radical (unpaired) electrons. The lowest BCUT2D eigenvalue weighted by atomic mass is 9.75. The molecule has 5 heteroatoms. The average Bonchev–Trinajstić information content (AvgIpc) is 2.25. The van der Waals surface area contributed by atoms with Gasteiger partial charge in [0.15, 0.2) is 5.78 Å². The summed E-state index contributed by atoms with van der Waals surface area (Å²) in [5.74, 6) is -0.182. The molecule has 0 aromatic heterocycles. The highest BCUT2D eigenvalue weighted by Crippen LogP contribution is 2.36. The molecule has 1 fully saturated rings. The lowest BCUT2D eigenvalue weighted by Crippen LogP contribution is -2.56. The molecule has 0 saturated carbocycles. The van der Waals surface area contributed by atoms with Crippen molar-refractivity contribution < 1.29 is 14.3 Å². The molecule has 4 nitrogen and oxygen atoms in total. The van der Waals surface area contributed by atoms with Gasteiger partial charge in [0, 0.05) is 6.54 Å². The van der Waals surface area contributed by atoms with Gasteiger partial charge in [0.25, 0.3) is 0 Å². The largest absolute Gasteiger partial charge is 0.453 e. The summed E-state index contributed by atoms with van der Waals surface area (Å²) in [7, 11) is 1.33. The van der Waals surface area contributed by atoms with Crippen molar-refractivity contribution >= 4 is 23.5 Å². The molecule has 16 heavy (non-hydrogen) atoms. The minimum Gasteiger partial charge on any atom is -0.453 e. The quantitative estimate of drug-likeness (QED) is 0.702. The minimum absolute atomic E-state index is 0.0679. The number of ketones is 1. The van der Waals surface area contributed by atoms with E-state index < -0.39 is 12.1 Å². The molecule has 0 aromatic carbocycles. The van der Waals surface area contributed by atoms with Crippen LogP contribution in [0.25, 0.3) is 0 Å². The zero-order chi connectivity index (χ0) is 12.3. The van der Waals surface area contributed by atoms with Crippen molar-refractivity contribution in [3.8, 4) is 0 Å². The number of amides is 1. The molecule has 1 aliphatic heterocycles. The predicted molar refractivity (Wildman–Crippen MR) is 61.6 cm³/mol. The number of piperidine rings is 1. The third-order valence-electron chi connectivity index (χ3n) is 3.12. The maximum atomic E-state index is 11.8. The van der Waals surface area contributed by atoms with Crippen LogP contribution in [-0.2, 0) is 9.53 Å². The zero-order valence-corrected chi connectivity index (χ0v) is 10.7. The van der Waals surface area contributed by atoms with Crippen molar-refractivity contribution in [3.05, 3.63) is 0 Å². The van der Waals surface area contributed by atoms with E-state index in [1.165, 1.54) is 12.0 Å². The number of methoxy groups -OCH3 is 1. The molecule has 1 amide bonds. The number of halogens is 1. The molecule has 1 unspecified atom stereocenters. The summed E-state index contributed by atoms with van der Waals surface area (Å²) in [5.41, 5.74) is -0.238. The van der Waals surface area contributed by atoms with E-state index in [1.54, 1.807) is 0 Å². The topological polar surface area (TPSA) is 46.6 Å². The summed E-state index contributed by atoms with van der Waals surface area (Å²) in [6, 6.07) is -0.466. The van der Waals surface area contributed by atoms with Gasteiger partial charge in [-0.05, 0) is 18.3 Å². The number of nitrogens with zero attached hydrogens (tertiary/aromatic N) is 1. The third kappa shape index (κ3) is 2.48. The maximum Gasteiger partial charge on any atom is 0.410 e. The molecule has 0 aliphatic carbocycles. The van der Waals surface area contributed by atoms with E-state index in [2.05, 4.69) is 0 Å². The van der Waals surface area contributed by atoms with Crippen LogP contribution in [-0.4, -0.2) is 42.4 Å². The second-order valence-corrected chi connectivity index (χ2v) is 5.03. The maximum absolute atomic E-state index is 11.8. The van der Waals surface area contributed by atoms with E-state index in [0.29, 0.717) is 6.54 Å². The van der Waals surface area contributed by atoms with Crippen LogP contribution in [0.4, 0.5) is 4.79 Å². The predicted octanol–water partition coefficient (Wildman–Crippen LogP) is 2.05. The fraction of sp³-hybridized carbons (Fsp3) is 0.818. The van der Waals surface area contributed by atoms with Crippen molar-refractivity contribution in [2.24, 2.45) is 5.41 Å². The van der Waals surface area contributed by atoms with Crippen molar-refractivity contribution in [2.45, 2.75) is 32.7 Å². The number of carbonyl (C=O) groups excluding carboxylic acids is 2. The van der Waals surface area contributed by atoms with Gasteiger partial charge in [-0.2, -0.15) is 0 Å². The Morgan fingerprint density at radius 3 is 2.62 bits per heavy atom. The van der Waals surface area contributed by atoms with Crippen LogP contribution in [0, 0.1) is 5.41 Å². The number of alkyl halides is 1. The van der Waals surface area contributed by atoms with E-state index in [9.17, 15) is 9.59 Å². The van der Waals surface area contributed by atoms with Crippen molar-refractivity contribution in [1.82, 2.24) is 4.90 Å². The molecule has 1 rings (SSSR count). The van der Waals surface area contributed by atoms with Gasteiger partial charge in [-0.3, -0.25) is 9.69 Å². The Hall–Kier alpha value is -0.770. The Bertz CT molecular complexity index is 291. The Morgan fingerprint density at radius 1 is 1.50 bits per heavy atom. The van der Waals surface area contributed by atoms with Gasteiger partial charge in [0.1, 0.15) is 6.04 Å². The second-order valence-electron chi connectivity index (χ2n) is 4.76. The van der Waals surface area contributed by atoms with Gasteiger partial charge < -0.3 is 4.74 Å². The van der Waals surface area contributed by atoms with Gasteiger partial charge in [-0.15, -0.1) is 11.6 Å². The first-order chi connectivity index (χ1) is 7.44. The molecule has 1 heterocycles. The lowest BCUT2D eigenvalue weighted by Gasteiger charge is -2.44. The van der Waals surface area contributed by atoms with E-state index in [1.807, 2.05) is 13.8 Å². The zero-order valence-electron chi connectivity index (χ0n) is 9.96. The standard InChI is InChI=1S/C11H18ClNO3/c1-11(2)5-4-6-13(10(15)16-3)9(11)8(14)7-12/h9H,4-7H2,1-3H3. The number of hydrogen-bond donors (Lipinski definition) is 0.